The van der Waals surface area contributed by atoms with E-state index >= 15 is 0 Å². The van der Waals surface area contributed by atoms with Crippen molar-refractivity contribution in [2.24, 2.45) is 0 Å². The highest BCUT2D eigenvalue weighted by atomic mass is 32.2. The molecule has 0 saturated heterocycles. The molecule has 0 aliphatic carbocycles. The fourth-order valence-electron chi connectivity index (χ4n) is 3.49. The zero-order chi connectivity index (χ0) is 23.5. The van der Waals surface area contributed by atoms with Gasteiger partial charge >= 0.3 is 0 Å². The van der Waals surface area contributed by atoms with Gasteiger partial charge in [0, 0.05) is 23.7 Å². The Hall–Kier alpha value is -3.98. The third kappa shape index (κ3) is 4.55. The average molecular weight is 474 g/mol. The molecule has 2 aromatic carbocycles. The number of para-hydroxylation sites is 2. The van der Waals surface area contributed by atoms with E-state index in [1.807, 2.05) is 54.0 Å². The van der Waals surface area contributed by atoms with Gasteiger partial charge in [0.25, 0.3) is 5.56 Å². The van der Waals surface area contributed by atoms with Crippen LogP contribution in [0.25, 0.3) is 11.3 Å². The van der Waals surface area contributed by atoms with Crippen LogP contribution < -0.4 is 10.3 Å². The quantitative estimate of drug-likeness (QED) is 0.322. The highest BCUT2D eigenvalue weighted by Gasteiger charge is 2.16. The van der Waals surface area contributed by atoms with Crippen molar-refractivity contribution in [3.8, 4) is 11.4 Å². The summed E-state index contributed by atoms with van der Waals surface area (Å²) in [6.45, 7) is 2.00. The summed E-state index contributed by atoms with van der Waals surface area (Å²) in [4.78, 5) is 17.1. The van der Waals surface area contributed by atoms with E-state index in [0.29, 0.717) is 28.1 Å². The number of thioether (sulfide) groups is 1. The Morgan fingerprint density at radius 2 is 1.79 bits per heavy atom. The minimum absolute atomic E-state index is 0.0399. The lowest BCUT2D eigenvalue weighted by molar-refractivity contribution is 0.278. The van der Waals surface area contributed by atoms with Crippen molar-refractivity contribution in [3.05, 3.63) is 112 Å². The van der Waals surface area contributed by atoms with Gasteiger partial charge in [0.05, 0.1) is 5.69 Å². The molecule has 5 aromatic rings. The predicted molar refractivity (Wildman–Crippen MR) is 128 cm³/mol. The number of pyridine rings is 1. The molecule has 9 heteroatoms. The number of aryl methyl sites for hydroxylation is 1. The Morgan fingerprint density at radius 3 is 2.62 bits per heavy atom. The molecule has 3 aromatic heterocycles. The van der Waals surface area contributed by atoms with E-state index in [-0.39, 0.29) is 17.9 Å². The summed E-state index contributed by atoms with van der Waals surface area (Å²) in [5.74, 6) is 0.667. The topological polar surface area (TPSA) is 74.3 Å². The fraction of sp³-hybridized carbons (Fsp3) is 0.120. The zero-order valence-corrected chi connectivity index (χ0v) is 19.1. The molecule has 34 heavy (non-hydrogen) atoms. The van der Waals surface area contributed by atoms with Gasteiger partial charge in [-0.2, -0.15) is 0 Å². The zero-order valence-electron chi connectivity index (χ0n) is 18.3. The molecule has 7 nitrogen and oxygen atoms in total. The number of rotatable bonds is 7. The van der Waals surface area contributed by atoms with Crippen LogP contribution in [-0.2, 0) is 12.4 Å². The van der Waals surface area contributed by atoms with E-state index in [4.69, 9.17) is 4.74 Å². The maximum absolute atomic E-state index is 14.0. The molecular weight excluding hydrogens is 453 g/mol. The molecule has 0 saturated carbocycles. The second-order valence-corrected chi connectivity index (χ2v) is 8.54. The van der Waals surface area contributed by atoms with Crippen molar-refractivity contribution in [1.29, 1.82) is 0 Å². The molecule has 0 unspecified atom stereocenters. The van der Waals surface area contributed by atoms with E-state index in [9.17, 15) is 9.18 Å². The van der Waals surface area contributed by atoms with Crippen LogP contribution in [-0.4, -0.2) is 24.1 Å². The van der Waals surface area contributed by atoms with Gasteiger partial charge in [-0.25, -0.2) is 9.37 Å². The Kier molecular flexibility index (Phi) is 6.09. The molecule has 0 radical (unpaired) electrons. The maximum Gasteiger partial charge on any atom is 0.258 e. The van der Waals surface area contributed by atoms with Gasteiger partial charge < -0.3 is 4.74 Å². The van der Waals surface area contributed by atoms with Gasteiger partial charge in [0.15, 0.2) is 22.5 Å². The molecule has 0 fully saturated rings. The largest absolute Gasteiger partial charge is 0.483 e. The standard InChI is InChI=1S/C25H20FN5O2S/c1-17-11-12-30-22(13-17)27-18(14-24(30)32)16-34-25-29-28-23(31(25)19-7-3-2-4-8-19)15-33-21-10-6-5-9-20(21)26/h2-14H,15-16H2,1H3. The minimum atomic E-state index is -0.438. The number of ether oxygens (including phenoxy) is 1. The Bertz CT molecular complexity index is 1520. The molecule has 0 aliphatic rings. The summed E-state index contributed by atoms with van der Waals surface area (Å²) in [7, 11) is 0. The summed E-state index contributed by atoms with van der Waals surface area (Å²) in [5, 5.41) is 9.23. The molecule has 5 rings (SSSR count). The number of halogens is 1. The van der Waals surface area contributed by atoms with Crippen LogP contribution in [0.1, 0.15) is 17.1 Å². The second kappa shape index (κ2) is 9.48. The van der Waals surface area contributed by atoms with E-state index in [0.717, 1.165) is 11.3 Å². The van der Waals surface area contributed by atoms with Crippen molar-refractivity contribution in [3.63, 3.8) is 0 Å². The predicted octanol–water partition coefficient (Wildman–Crippen LogP) is 4.59. The molecular formula is C25H20FN5O2S. The minimum Gasteiger partial charge on any atom is -0.483 e. The van der Waals surface area contributed by atoms with Gasteiger partial charge in [-0.1, -0.05) is 42.1 Å². The number of fused-ring (bicyclic) bond motifs is 1. The van der Waals surface area contributed by atoms with Crippen molar-refractivity contribution < 1.29 is 9.13 Å². The first kappa shape index (κ1) is 21.8. The smallest absolute Gasteiger partial charge is 0.258 e. The van der Waals surface area contributed by atoms with Crippen molar-refractivity contribution in [2.45, 2.75) is 24.4 Å². The molecule has 0 N–H and O–H groups in total. The van der Waals surface area contributed by atoms with Gasteiger partial charge in [-0.05, 0) is 48.9 Å². The Labute approximate surface area is 198 Å². The van der Waals surface area contributed by atoms with Gasteiger partial charge in [-0.3, -0.25) is 13.8 Å². The number of benzene rings is 2. The molecule has 0 aliphatic heterocycles. The van der Waals surface area contributed by atoms with Crippen molar-refractivity contribution in [1.82, 2.24) is 24.1 Å². The molecule has 0 spiro atoms. The summed E-state index contributed by atoms with van der Waals surface area (Å²) in [6.07, 6.45) is 1.73. The van der Waals surface area contributed by atoms with Gasteiger partial charge in [0.2, 0.25) is 0 Å². The monoisotopic (exact) mass is 473 g/mol. The highest BCUT2D eigenvalue weighted by molar-refractivity contribution is 7.98. The van der Waals surface area contributed by atoms with E-state index in [1.165, 1.54) is 28.3 Å². The lowest BCUT2D eigenvalue weighted by atomic mass is 10.3. The molecule has 0 atom stereocenters. The number of aromatic nitrogens is 5. The summed E-state index contributed by atoms with van der Waals surface area (Å²) in [5.41, 5.74) is 2.99. The third-order valence-corrected chi connectivity index (χ3v) is 6.10. The second-order valence-electron chi connectivity index (χ2n) is 7.60. The summed E-state index contributed by atoms with van der Waals surface area (Å²) in [6, 6.07) is 21.1. The lowest BCUT2D eigenvalue weighted by Gasteiger charge is -2.11. The summed E-state index contributed by atoms with van der Waals surface area (Å²) >= 11 is 1.41. The fourth-order valence-corrected chi connectivity index (χ4v) is 4.36. The maximum atomic E-state index is 14.0. The molecule has 170 valence electrons. The van der Waals surface area contributed by atoms with Crippen LogP contribution >= 0.6 is 11.8 Å². The third-order valence-electron chi connectivity index (χ3n) is 5.13. The van der Waals surface area contributed by atoms with Crippen LogP contribution in [0.3, 0.4) is 0 Å². The number of hydrogen-bond acceptors (Lipinski definition) is 6. The lowest BCUT2D eigenvalue weighted by Crippen LogP contribution is -2.15. The van der Waals surface area contributed by atoms with E-state index < -0.39 is 5.82 Å². The van der Waals surface area contributed by atoms with E-state index in [2.05, 4.69) is 15.2 Å². The number of nitrogens with zero attached hydrogens (tertiary/aromatic N) is 5. The van der Waals surface area contributed by atoms with Crippen molar-refractivity contribution in [2.75, 3.05) is 0 Å². The molecule has 3 heterocycles. The molecule has 0 amide bonds. The van der Waals surface area contributed by atoms with Crippen LogP contribution in [0.2, 0.25) is 0 Å². The number of hydrogen-bond donors (Lipinski definition) is 0. The first-order chi connectivity index (χ1) is 16.6. The van der Waals surface area contributed by atoms with Gasteiger partial charge in [-0.15, -0.1) is 10.2 Å². The van der Waals surface area contributed by atoms with Gasteiger partial charge in [0.1, 0.15) is 12.3 Å². The first-order valence-electron chi connectivity index (χ1n) is 10.6. The van der Waals surface area contributed by atoms with Crippen LogP contribution in [0.5, 0.6) is 5.75 Å². The first-order valence-corrected chi connectivity index (χ1v) is 11.6. The van der Waals surface area contributed by atoms with Crippen LogP contribution in [0.15, 0.2) is 88.9 Å². The van der Waals surface area contributed by atoms with Crippen LogP contribution in [0.4, 0.5) is 4.39 Å². The van der Waals surface area contributed by atoms with Crippen molar-refractivity contribution >= 4 is 17.4 Å². The Balaban J connectivity index is 1.43. The normalized spacial score (nSPS) is 11.1. The Morgan fingerprint density at radius 1 is 1.00 bits per heavy atom. The summed E-state index contributed by atoms with van der Waals surface area (Å²) < 4.78 is 23.0. The average Bonchev–Trinajstić information content (AvgIpc) is 3.25. The highest BCUT2D eigenvalue weighted by Crippen LogP contribution is 2.26. The van der Waals surface area contributed by atoms with Crippen LogP contribution in [0, 0.1) is 12.7 Å². The molecule has 0 bridgehead atoms. The van der Waals surface area contributed by atoms with E-state index in [1.54, 1.807) is 24.4 Å². The SMILES string of the molecule is Cc1ccn2c(=O)cc(CSc3nnc(COc4ccccc4F)n3-c3ccccc3)nc2c1.